The van der Waals surface area contributed by atoms with Gasteiger partial charge in [0.05, 0.1) is 11.7 Å². The average Bonchev–Trinajstić information content (AvgIpc) is 3.25. The predicted octanol–water partition coefficient (Wildman–Crippen LogP) is 4.46. The first-order chi connectivity index (χ1) is 12.3. The third-order valence-electron chi connectivity index (χ3n) is 5.52. The molecule has 0 atom stereocenters. The minimum atomic E-state index is -3.54. The summed E-state index contributed by atoms with van der Waals surface area (Å²) in [5, 5.41) is 4.71. The monoisotopic (exact) mass is 379 g/mol. The number of hydrogen-bond acceptors (Lipinski definition) is 3. The maximum absolute atomic E-state index is 13.0. The number of nitrogens with zero attached hydrogens (tertiary/aromatic N) is 2. The molecule has 1 saturated carbocycles. The van der Waals surface area contributed by atoms with Gasteiger partial charge in [0, 0.05) is 18.2 Å². The Kier molecular flexibility index (Phi) is 5.92. The first kappa shape index (κ1) is 19.6. The second-order valence-electron chi connectivity index (χ2n) is 8.77. The molecule has 2 aliphatic carbocycles. The smallest absolute Gasteiger partial charge is 0.244 e. The second kappa shape index (κ2) is 7.85. The van der Waals surface area contributed by atoms with Crippen LogP contribution in [0.25, 0.3) is 0 Å². The number of aromatic nitrogens is 2. The van der Waals surface area contributed by atoms with Crippen LogP contribution in [0, 0.1) is 0 Å². The van der Waals surface area contributed by atoms with Crippen LogP contribution in [0.1, 0.15) is 90.3 Å². The van der Waals surface area contributed by atoms with Gasteiger partial charge >= 0.3 is 0 Å². The third kappa shape index (κ3) is 4.58. The van der Waals surface area contributed by atoms with E-state index in [1.54, 1.807) is 6.20 Å². The first-order valence-corrected chi connectivity index (χ1v) is 11.5. The van der Waals surface area contributed by atoms with Crippen LogP contribution in [0.5, 0.6) is 0 Å². The highest BCUT2D eigenvalue weighted by molar-refractivity contribution is 7.89. The third-order valence-corrected chi connectivity index (χ3v) is 6.98. The maximum Gasteiger partial charge on any atom is 0.244 e. The highest BCUT2D eigenvalue weighted by Gasteiger charge is 2.31. The molecule has 0 radical (unpaired) electrons. The summed E-state index contributed by atoms with van der Waals surface area (Å²) in [6.07, 6.45) is 14.1. The van der Waals surface area contributed by atoms with E-state index in [4.69, 9.17) is 5.10 Å². The zero-order valence-corrected chi connectivity index (χ0v) is 17.2. The van der Waals surface area contributed by atoms with E-state index in [0.717, 1.165) is 32.1 Å². The minimum Gasteiger partial charge on any atom is -0.268 e. The Hall–Kier alpha value is -1.14. The molecule has 2 aliphatic rings. The van der Waals surface area contributed by atoms with Gasteiger partial charge in [-0.15, -0.1) is 0 Å². The van der Waals surface area contributed by atoms with Crippen LogP contribution in [0.2, 0.25) is 0 Å². The molecule has 1 heterocycles. The molecule has 26 heavy (non-hydrogen) atoms. The zero-order valence-electron chi connectivity index (χ0n) is 16.4. The molecule has 0 amide bonds. The molecule has 6 heteroatoms. The van der Waals surface area contributed by atoms with E-state index in [1.807, 2.05) is 25.5 Å². The van der Waals surface area contributed by atoms with E-state index >= 15 is 0 Å². The van der Waals surface area contributed by atoms with Crippen molar-refractivity contribution in [1.29, 1.82) is 0 Å². The van der Waals surface area contributed by atoms with E-state index in [1.165, 1.54) is 31.3 Å². The molecule has 3 rings (SSSR count). The van der Waals surface area contributed by atoms with Crippen LogP contribution in [0.4, 0.5) is 0 Å². The second-order valence-corrected chi connectivity index (χ2v) is 10.5. The Morgan fingerprint density at radius 3 is 2.54 bits per heavy atom. The van der Waals surface area contributed by atoms with Gasteiger partial charge in [0.2, 0.25) is 10.0 Å². The number of sulfonamides is 1. The summed E-state index contributed by atoms with van der Waals surface area (Å²) in [4.78, 5) is 0.356. The molecule has 1 aromatic heterocycles. The molecule has 1 fully saturated rings. The Bertz CT molecular complexity index is 751. The summed E-state index contributed by atoms with van der Waals surface area (Å²) >= 11 is 0. The van der Waals surface area contributed by atoms with Crippen molar-refractivity contribution in [3.8, 4) is 0 Å². The van der Waals surface area contributed by atoms with Crippen molar-refractivity contribution in [2.75, 3.05) is 6.54 Å². The van der Waals surface area contributed by atoms with E-state index in [2.05, 4.69) is 10.8 Å². The standard InChI is InChI=1S/C20H33N3O2S/c1-20(2,3)19-18(15-23(22-19)17-11-7-8-12-17)26(24,25)21-14-13-16-9-5-4-6-10-16/h9,15,17,21H,4-8,10-14H2,1-3H3. The van der Waals surface area contributed by atoms with Crippen molar-refractivity contribution in [3.63, 3.8) is 0 Å². The van der Waals surface area contributed by atoms with Gasteiger partial charge in [-0.25, -0.2) is 13.1 Å². The lowest BCUT2D eigenvalue weighted by atomic mass is 9.92. The van der Waals surface area contributed by atoms with Gasteiger partial charge in [-0.3, -0.25) is 4.68 Å². The summed E-state index contributed by atoms with van der Waals surface area (Å²) in [5.41, 5.74) is 1.75. The van der Waals surface area contributed by atoms with Crippen molar-refractivity contribution in [2.24, 2.45) is 0 Å². The van der Waals surface area contributed by atoms with Gasteiger partial charge in [-0.2, -0.15) is 5.10 Å². The van der Waals surface area contributed by atoms with E-state index in [9.17, 15) is 8.42 Å². The van der Waals surface area contributed by atoms with Crippen LogP contribution in [0.3, 0.4) is 0 Å². The zero-order chi connectivity index (χ0) is 18.8. The van der Waals surface area contributed by atoms with Gasteiger partial charge in [0.1, 0.15) is 4.90 Å². The Morgan fingerprint density at radius 1 is 1.19 bits per heavy atom. The maximum atomic E-state index is 13.0. The van der Waals surface area contributed by atoms with Crippen LogP contribution in [0.15, 0.2) is 22.7 Å². The number of rotatable bonds is 6. The molecule has 146 valence electrons. The molecule has 1 N–H and O–H groups in total. The highest BCUT2D eigenvalue weighted by atomic mass is 32.2. The van der Waals surface area contributed by atoms with Crippen molar-refractivity contribution >= 4 is 10.0 Å². The summed E-state index contributed by atoms with van der Waals surface area (Å²) in [6.45, 7) is 6.55. The lowest BCUT2D eigenvalue weighted by molar-refractivity contribution is 0.448. The SMILES string of the molecule is CC(C)(C)c1nn(C2CCCC2)cc1S(=O)(=O)NCCC1=CCCCC1. The van der Waals surface area contributed by atoms with Crippen molar-refractivity contribution in [2.45, 2.75) is 94.9 Å². The predicted molar refractivity (Wildman–Crippen MR) is 105 cm³/mol. The van der Waals surface area contributed by atoms with Crippen LogP contribution < -0.4 is 4.72 Å². The molecule has 0 bridgehead atoms. The van der Waals surface area contributed by atoms with Gasteiger partial charge in [0.25, 0.3) is 0 Å². The molecule has 0 spiro atoms. The van der Waals surface area contributed by atoms with E-state index < -0.39 is 10.0 Å². The van der Waals surface area contributed by atoms with Crippen LogP contribution in [-0.4, -0.2) is 24.7 Å². The summed E-state index contributed by atoms with van der Waals surface area (Å²) in [7, 11) is -3.54. The Morgan fingerprint density at radius 2 is 1.92 bits per heavy atom. The first-order valence-electron chi connectivity index (χ1n) is 10.0. The number of hydrogen-bond donors (Lipinski definition) is 1. The fourth-order valence-electron chi connectivity index (χ4n) is 4.00. The molecular weight excluding hydrogens is 346 g/mol. The van der Waals surface area contributed by atoms with E-state index in [-0.39, 0.29) is 5.41 Å². The van der Waals surface area contributed by atoms with Crippen LogP contribution >= 0.6 is 0 Å². The Labute approximate surface area is 158 Å². The fraction of sp³-hybridized carbons (Fsp3) is 0.750. The lowest BCUT2D eigenvalue weighted by Gasteiger charge is -2.18. The van der Waals surface area contributed by atoms with Gasteiger partial charge in [0.15, 0.2) is 0 Å². The molecule has 1 aromatic rings. The van der Waals surface area contributed by atoms with Gasteiger partial charge in [-0.05, 0) is 44.9 Å². The molecule has 0 saturated heterocycles. The quantitative estimate of drug-likeness (QED) is 0.742. The van der Waals surface area contributed by atoms with Crippen LogP contribution in [-0.2, 0) is 15.4 Å². The van der Waals surface area contributed by atoms with Gasteiger partial charge in [-0.1, -0.05) is 45.3 Å². The van der Waals surface area contributed by atoms with Crippen molar-refractivity contribution in [1.82, 2.24) is 14.5 Å². The summed E-state index contributed by atoms with van der Waals surface area (Å²) < 4.78 is 30.7. The molecular formula is C20H33N3O2S. The van der Waals surface area contributed by atoms with E-state index in [0.29, 0.717) is 23.2 Å². The largest absolute Gasteiger partial charge is 0.268 e. The number of nitrogens with one attached hydrogen (secondary N) is 1. The van der Waals surface area contributed by atoms with Gasteiger partial charge < -0.3 is 0 Å². The molecule has 0 unspecified atom stereocenters. The fourth-order valence-corrected chi connectivity index (χ4v) is 5.38. The average molecular weight is 380 g/mol. The number of allylic oxidation sites excluding steroid dienone is 1. The molecule has 0 aromatic carbocycles. The van der Waals surface area contributed by atoms with Crippen molar-refractivity contribution < 1.29 is 8.42 Å². The van der Waals surface area contributed by atoms with Crippen molar-refractivity contribution in [3.05, 3.63) is 23.5 Å². The highest BCUT2D eigenvalue weighted by Crippen LogP contribution is 2.33. The normalized spacial score (nSPS) is 19.7. The summed E-state index contributed by atoms with van der Waals surface area (Å²) in [5.74, 6) is 0. The minimum absolute atomic E-state index is 0.306. The Balaban J connectivity index is 1.77. The molecule has 0 aliphatic heterocycles. The topological polar surface area (TPSA) is 64.0 Å². The molecule has 5 nitrogen and oxygen atoms in total. The lowest BCUT2D eigenvalue weighted by Crippen LogP contribution is -2.27. The summed E-state index contributed by atoms with van der Waals surface area (Å²) in [6, 6.07) is 0.340.